The zero-order chi connectivity index (χ0) is 18.5. The van der Waals surface area contributed by atoms with Crippen molar-refractivity contribution in [2.45, 2.75) is 6.54 Å². The molecule has 1 fully saturated rings. The van der Waals surface area contributed by atoms with Crippen LogP contribution in [0.15, 0.2) is 46.9 Å². The Morgan fingerprint density at radius 2 is 1.69 bits per heavy atom. The first kappa shape index (κ1) is 18.7. The number of piperazine rings is 1. The lowest BCUT2D eigenvalue weighted by Gasteiger charge is -2.35. The molecule has 1 heterocycles. The summed E-state index contributed by atoms with van der Waals surface area (Å²) in [6.45, 7) is 3.95. The lowest BCUT2D eigenvalue weighted by Crippen LogP contribution is -2.48. The van der Waals surface area contributed by atoms with Gasteiger partial charge in [0.2, 0.25) is 0 Å². The molecule has 2 aromatic rings. The van der Waals surface area contributed by atoms with E-state index < -0.39 is 0 Å². The summed E-state index contributed by atoms with van der Waals surface area (Å²) < 4.78 is 11.6. The largest absolute Gasteiger partial charge is 0.497 e. The molecule has 26 heavy (non-hydrogen) atoms. The Kier molecular flexibility index (Phi) is 6.16. The normalized spacial score (nSPS) is 15.0. The SMILES string of the molecule is COc1ccc(C(=O)N2CCN(Cc3cc(Br)ccc3OC)CC2)cc1. The fourth-order valence-electron chi connectivity index (χ4n) is 3.14. The zero-order valence-electron chi connectivity index (χ0n) is 15.1. The summed E-state index contributed by atoms with van der Waals surface area (Å²) in [5.74, 6) is 1.73. The van der Waals surface area contributed by atoms with Crippen molar-refractivity contribution in [3.05, 3.63) is 58.1 Å². The van der Waals surface area contributed by atoms with Crippen molar-refractivity contribution in [3.63, 3.8) is 0 Å². The second-order valence-electron chi connectivity index (χ2n) is 6.25. The van der Waals surface area contributed by atoms with Gasteiger partial charge in [0.05, 0.1) is 14.2 Å². The molecule has 1 aliphatic heterocycles. The topological polar surface area (TPSA) is 42.0 Å². The number of hydrogen-bond acceptors (Lipinski definition) is 4. The van der Waals surface area contributed by atoms with Gasteiger partial charge in [-0.05, 0) is 42.5 Å². The molecular formula is C20H23BrN2O3. The number of nitrogens with zero attached hydrogens (tertiary/aromatic N) is 2. The molecule has 6 heteroatoms. The van der Waals surface area contributed by atoms with E-state index in [2.05, 4.69) is 26.9 Å². The second-order valence-corrected chi connectivity index (χ2v) is 7.17. The van der Waals surface area contributed by atoms with Crippen LogP contribution in [0.25, 0.3) is 0 Å². The lowest BCUT2D eigenvalue weighted by molar-refractivity contribution is 0.0627. The molecule has 1 saturated heterocycles. The molecule has 0 radical (unpaired) electrons. The molecule has 0 aliphatic carbocycles. The Balaban J connectivity index is 1.58. The number of halogens is 1. The third-order valence-corrected chi connectivity index (χ3v) is 5.13. The number of carbonyl (C=O) groups is 1. The zero-order valence-corrected chi connectivity index (χ0v) is 16.7. The van der Waals surface area contributed by atoms with Crippen LogP contribution in [-0.2, 0) is 6.54 Å². The fraction of sp³-hybridized carbons (Fsp3) is 0.350. The highest BCUT2D eigenvalue weighted by Crippen LogP contribution is 2.25. The van der Waals surface area contributed by atoms with E-state index >= 15 is 0 Å². The van der Waals surface area contributed by atoms with Crippen LogP contribution in [-0.4, -0.2) is 56.1 Å². The average molecular weight is 419 g/mol. The smallest absolute Gasteiger partial charge is 0.253 e. The summed E-state index contributed by atoms with van der Waals surface area (Å²) in [6.07, 6.45) is 0. The van der Waals surface area contributed by atoms with Crippen LogP contribution < -0.4 is 9.47 Å². The summed E-state index contributed by atoms with van der Waals surface area (Å²) in [5.41, 5.74) is 1.85. The summed E-state index contributed by atoms with van der Waals surface area (Å²) in [6, 6.07) is 13.3. The van der Waals surface area contributed by atoms with Crippen molar-refractivity contribution in [2.24, 2.45) is 0 Å². The van der Waals surface area contributed by atoms with Crippen molar-refractivity contribution in [1.29, 1.82) is 0 Å². The van der Waals surface area contributed by atoms with Gasteiger partial charge in [0.1, 0.15) is 11.5 Å². The fourth-order valence-corrected chi connectivity index (χ4v) is 3.55. The van der Waals surface area contributed by atoms with Crippen LogP contribution in [0.1, 0.15) is 15.9 Å². The third-order valence-electron chi connectivity index (χ3n) is 4.63. The molecule has 2 aromatic carbocycles. The molecular weight excluding hydrogens is 396 g/mol. The van der Waals surface area contributed by atoms with Crippen LogP contribution in [0.3, 0.4) is 0 Å². The molecule has 0 aromatic heterocycles. The second kappa shape index (κ2) is 8.56. The highest BCUT2D eigenvalue weighted by atomic mass is 79.9. The Hall–Kier alpha value is -2.05. The summed E-state index contributed by atoms with van der Waals surface area (Å²) in [7, 11) is 3.31. The summed E-state index contributed by atoms with van der Waals surface area (Å²) in [5, 5.41) is 0. The predicted octanol–water partition coefficient (Wildman–Crippen LogP) is 3.42. The number of carbonyl (C=O) groups excluding carboxylic acids is 1. The molecule has 0 atom stereocenters. The lowest BCUT2D eigenvalue weighted by atomic mass is 10.1. The maximum atomic E-state index is 12.6. The first-order chi connectivity index (χ1) is 12.6. The van der Waals surface area contributed by atoms with E-state index in [1.165, 1.54) is 0 Å². The number of rotatable bonds is 5. The van der Waals surface area contributed by atoms with Crippen molar-refractivity contribution in [3.8, 4) is 11.5 Å². The van der Waals surface area contributed by atoms with E-state index in [0.29, 0.717) is 5.56 Å². The Morgan fingerprint density at radius 3 is 2.31 bits per heavy atom. The van der Waals surface area contributed by atoms with Gasteiger partial charge in [-0.25, -0.2) is 0 Å². The van der Waals surface area contributed by atoms with Gasteiger partial charge in [0.25, 0.3) is 5.91 Å². The van der Waals surface area contributed by atoms with Gasteiger partial charge in [-0.2, -0.15) is 0 Å². The van der Waals surface area contributed by atoms with Gasteiger partial charge in [0.15, 0.2) is 0 Å². The summed E-state index contributed by atoms with van der Waals surface area (Å²) in [4.78, 5) is 16.9. The van der Waals surface area contributed by atoms with E-state index in [0.717, 1.165) is 54.3 Å². The predicted molar refractivity (Wildman–Crippen MR) is 105 cm³/mol. The Labute approximate surface area is 162 Å². The highest BCUT2D eigenvalue weighted by Gasteiger charge is 2.22. The molecule has 5 nitrogen and oxygen atoms in total. The van der Waals surface area contributed by atoms with E-state index in [4.69, 9.17) is 9.47 Å². The van der Waals surface area contributed by atoms with Gasteiger partial charge < -0.3 is 14.4 Å². The molecule has 0 saturated carbocycles. The molecule has 1 amide bonds. The number of benzene rings is 2. The number of amides is 1. The first-order valence-corrected chi connectivity index (χ1v) is 9.38. The van der Waals surface area contributed by atoms with Crippen molar-refractivity contribution in [1.82, 2.24) is 9.80 Å². The van der Waals surface area contributed by atoms with Crippen molar-refractivity contribution >= 4 is 21.8 Å². The van der Waals surface area contributed by atoms with Gasteiger partial charge in [-0.15, -0.1) is 0 Å². The van der Waals surface area contributed by atoms with Gasteiger partial charge >= 0.3 is 0 Å². The average Bonchev–Trinajstić information content (AvgIpc) is 2.68. The highest BCUT2D eigenvalue weighted by molar-refractivity contribution is 9.10. The monoisotopic (exact) mass is 418 g/mol. The van der Waals surface area contributed by atoms with Crippen molar-refractivity contribution in [2.75, 3.05) is 40.4 Å². The van der Waals surface area contributed by atoms with E-state index in [9.17, 15) is 4.79 Å². The molecule has 0 unspecified atom stereocenters. The number of methoxy groups -OCH3 is 2. The molecule has 0 spiro atoms. The number of hydrogen-bond donors (Lipinski definition) is 0. The van der Waals surface area contributed by atoms with E-state index in [-0.39, 0.29) is 5.91 Å². The van der Waals surface area contributed by atoms with E-state index in [1.54, 1.807) is 14.2 Å². The third kappa shape index (κ3) is 4.37. The minimum Gasteiger partial charge on any atom is -0.497 e. The standard InChI is InChI=1S/C20H23BrN2O3/c1-25-18-6-3-15(4-7-18)20(24)23-11-9-22(10-12-23)14-16-13-17(21)5-8-19(16)26-2/h3-8,13H,9-12,14H2,1-2H3. The quantitative estimate of drug-likeness (QED) is 0.745. The molecule has 138 valence electrons. The molecule has 0 N–H and O–H groups in total. The Bertz CT molecular complexity index is 756. The maximum absolute atomic E-state index is 12.6. The van der Waals surface area contributed by atoms with Crippen LogP contribution in [0.2, 0.25) is 0 Å². The van der Waals surface area contributed by atoms with Crippen LogP contribution >= 0.6 is 15.9 Å². The minimum absolute atomic E-state index is 0.0762. The summed E-state index contributed by atoms with van der Waals surface area (Å²) >= 11 is 3.52. The van der Waals surface area contributed by atoms with Crippen LogP contribution in [0.4, 0.5) is 0 Å². The molecule has 0 bridgehead atoms. The first-order valence-electron chi connectivity index (χ1n) is 8.59. The van der Waals surface area contributed by atoms with Crippen LogP contribution in [0, 0.1) is 0 Å². The van der Waals surface area contributed by atoms with Gasteiger partial charge in [0, 0.05) is 48.3 Å². The maximum Gasteiger partial charge on any atom is 0.253 e. The van der Waals surface area contributed by atoms with Gasteiger partial charge in [-0.1, -0.05) is 15.9 Å². The van der Waals surface area contributed by atoms with Crippen LogP contribution in [0.5, 0.6) is 11.5 Å². The Morgan fingerprint density at radius 1 is 1.00 bits per heavy atom. The van der Waals surface area contributed by atoms with E-state index in [1.807, 2.05) is 41.3 Å². The minimum atomic E-state index is 0.0762. The number of ether oxygens (including phenoxy) is 2. The molecule has 3 rings (SSSR count). The van der Waals surface area contributed by atoms with Gasteiger partial charge in [-0.3, -0.25) is 9.69 Å². The molecule has 1 aliphatic rings. The van der Waals surface area contributed by atoms with Crippen molar-refractivity contribution < 1.29 is 14.3 Å².